The monoisotopic (exact) mass is 456 g/mol. The Labute approximate surface area is 187 Å². The van der Waals surface area contributed by atoms with E-state index in [1.807, 2.05) is 6.07 Å². The van der Waals surface area contributed by atoms with Crippen molar-refractivity contribution < 1.29 is 22.7 Å². The number of carbonyl (C=O) groups is 1. The van der Waals surface area contributed by atoms with Crippen LogP contribution in [0.5, 0.6) is 11.5 Å². The normalized spacial score (nSPS) is 15.0. The number of ether oxygens (including phenoxy) is 2. The molecular formula is C22H24N4O5S. The molecule has 10 heteroatoms. The Hall–Kier alpha value is -3.55. The SMILES string of the molecule is COc1ccc(OC)c(NC(=O)/C(C#N)=C\N2CCN(S(=O)(=O)c3ccccc3)CC2)c1. The molecule has 1 fully saturated rings. The fourth-order valence-corrected chi connectivity index (χ4v) is 4.68. The minimum atomic E-state index is -3.57. The van der Waals surface area contributed by atoms with Crippen LogP contribution in [0.3, 0.4) is 0 Å². The quantitative estimate of drug-likeness (QED) is 0.501. The van der Waals surface area contributed by atoms with Crippen LogP contribution >= 0.6 is 0 Å². The van der Waals surface area contributed by atoms with Gasteiger partial charge < -0.3 is 19.7 Å². The van der Waals surface area contributed by atoms with Crippen molar-refractivity contribution in [1.29, 1.82) is 5.26 Å². The molecule has 2 aromatic rings. The maximum absolute atomic E-state index is 12.7. The van der Waals surface area contributed by atoms with Crippen molar-refractivity contribution >= 4 is 21.6 Å². The van der Waals surface area contributed by atoms with E-state index in [4.69, 9.17) is 9.47 Å². The second kappa shape index (κ2) is 10.2. The summed E-state index contributed by atoms with van der Waals surface area (Å²) in [5, 5.41) is 12.2. The number of benzene rings is 2. The number of rotatable bonds is 7. The van der Waals surface area contributed by atoms with Gasteiger partial charge in [0.2, 0.25) is 10.0 Å². The number of nitrogens with zero attached hydrogens (tertiary/aromatic N) is 3. The molecule has 3 rings (SSSR count). The molecule has 9 nitrogen and oxygen atoms in total. The molecule has 1 saturated heterocycles. The molecule has 0 spiro atoms. The number of methoxy groups -OCH3 is 2. The van der Waals surface area contributed by atoms with Gasteiger partial charge in [-0.2, -0.15) is 9.57 Å². The van der Waals surface area contributed by atoms with Crippen molar-refractivity contribution in [2.24, 2.45) is 0 Å². The largest absolute Gasteiger partial charge is 0.497 e. The van der Waals surface area contributed by atoms with Crippen LogP contribution in [0, 0.1) is 11.3 Å². The second-order valence-electron chi connectivity index (χ2n) is 6.93. The van der Waals surface area contributed by atoms with E-state index in [0.717, 1.165) is 0 Å². The molecule has 168 valence electrons. The summed E-state index contributed by atoms with van der Waals surface area (Å²) in [6.45, 7) is 1.20. The average Bonchev–Trinajstić information content (AvgIpc) is 2.83. The van der Waals surface area contributed by atoms with Gasteiger partial charge in [0.05, 0.1) is 24.8 Å². The van der Waals surface area contributed by atoms with Gasteiger partial charge in [0.25, 0.3) is 5.91 Å². The van der Waals surface area contributed by atoms with Crippen molar-refractivity contribution in [3.8, 4) is 17.6 Å². The first-order valence-corrected chi connectivity index (χ1v) is 11.3. The van der Waals surface area contributed by atoms with E-state index in [1.165, 1.54) is 24.7 Å². The first-order valence-electron chi connectivity index (χ1n) is 9.83. The highest BCUT2D eigenvalue weighted by molar-refractivity contribution is 7.89. The van der Waals surface area contributed by atoms with Gasteiger partial charge >= 0.3 is 0 Å². The Morgan fingerprint density at radius 1 is 1.06 bits per heavy atom. The lowest BCUT2D eigenvalue weighted by atomic mass is 10.2. The maximum Gasteiger partial charge on any atom is 0.267 e. The zero-order valence-corrected chi connectivity index (χ0v) is 18.6. The first kappa shape index (κ1) is 23.1. The van der Waals surface area contributed by atoms with Crippen LogP contribution < -0.4 is 14.8 Å². The molecule has 1 heterocycles. The summed E-state index contributed by atoms with van der Waals surface area (Å²) in [5.74, 6) is 0.355. The van der Waals surface area contributed by atoms with Gasteiger partial charge in [-0.3, -0.25) is 4.79 Å². The predicted molar refractivity (Wildman–Crippen MR) is 119 cm³/mol. The summed E-state index contributed by atoms with van der Waals surface area (Å²) < 4.78 is 37.3. The van der Waals surface area contributed by atoms with E-state index >= 15 is 0 Å². The molecule has 0 aromatic heterocycles. The highest BCUT2D eigenvalue weighted by atomic mass is 32.2. The highest BCUT2D eigenvalue weighted by Crippen LogP contribution is 2.29. The molecule has 2 aromatic carbocycles. The number of hydrogen-bond donors (Lipinski definition) is 1. The zero-order chi connectivity index (χ0) is 23.1. The number of amides is 1. The maximum atomic E-state index is 12.7. The van der Waals surface area contributed by atoms with Crippen LogP contribution in [0.1, 0.15) is 0 Å². The van der Waals surface area contributed by atoms with Crippen LogP contribution in [0.4, 0.5) is 5.69 Å². The molecule has 1 aliphatic heterocycles. The van der Waals surface area contributed by atoms with Gasteiger partial charge in [-0.1, -0.05) is 18.2 Å². The predicted octanol–water partition coefficient (Wildman–Crippen LogP) is 2.06. The summed E-state index contributed by atoms with van der Waals surface area (Å²) in [6.07, 6.45) is 1.45. The third kappa shape index (κ3) is 5.19. The second-order valence-corrected chi connectivity index (χ2v) is 8.87. The summed E-state index contributed by atoms with van der Waals surface area (Å²) in [5.41, 5.74) is 0.269. The zero-order valence-electron chi connectivity index (χ0n) is 17.8. The van der Waals surface area contributed by atoms with Gasteiger partial charge in [-0.25, -0.2) is 8.42 Å². The first-order chi connectivity index (χ1) is 15.4. The third-order valence-electron chi connectivity index (χ3n) is 4.99. The van der Waals surface area contributed by atoms with Gasteiger partial charge in [0, 0.05) is 38.4 Å². The van der Waals surface area contributed by atoms with Crippen LogP contribution in [0.2, 0.25) is 0 Å². The van der Waals surface area contributed by atoms with Crippen molar-refractivity contribution in [3.63, 3.8) is 0 Å². The summed E-state index contributed by atoms with van der Waals surface area (Å²) >= 11 is 0. The van der Waals surface area contributed by atoms with Crippen LogP contribution in [-0.4, -0.2) is 63.9 Å². The topological polar surface area (TPSA) is 112 Å². The molecule has 1 aliphatic rings. The fourth-order valence-electron chi connectivity index (χ4n) is 3.24. The van der Waals surface area contributed by atoms with Crippen molar-refractivity contribution in [3.05, 3.63) is 60.3 Å². The molecule has 1 N–H and O–H groups in total. The Bertz CT molecular complexity index is 1130. The average molecular weight is 457 g/mol. The van der Waals surface area contributed by atoms with Crippen molar-refractivity contribution in [2.75, 3.05) is 45.7 Å². The molecular weight excluding hydrogens is 432 g/mol. The Morgan fingerprint density at radius 2 is 1.75 bits per heavy atom. The van der Waals surface area contributed by atoms with Gasteiger partial charge in [-0.15, -0.1) is 0 Å². The summed E-state index contributed by atoms with van der Waals surface area (Å²) in [6, 6.07) is 15.1. The van der Waals surface area contributed by atoms with Crippen LogP contribution in [0.25, 0.3) is 0 Å². The van der Waals surface area contributed by atoms with Crippen molar-refractivity contribution in [1.82, 2.24) is 9.21 Å². The molecule has 32 heavy (non-hydrogen) atoms. The van der Waals surface area contributed by atoms with Gasteiger partial charge in [0.1, 0.15) is 23.1 Å². The molecule has 1 amide bonds. The van der Waals surface area contributed by atoms with E-state index in [-0.39, 0.29) is 23.6 Å². The summed E-state index contributed by atoms with van der Waals surface area (Å²) in [7, 11) is -0.596. The molecule has 0 radical (unpaired) electrons. The molecule has 0 bridgehead atoms. The van der Waals surface area contributed by atoms with E-state index in [9.17, 15) is 18.5 Å². The van der Waals surface area contributed by atoms with E-state index in [2.05, 4.69) is 5.32 Å². The number of piperazine rings is 1. The summed E-state index contributed by atoms with van der Waals surface area (Å²) in [4.78, 5) is 14.7. The van der Waals surface area contributed by atoms with Crippen LogP contribution in [0.15, 0.2) is 65.2 Å². The Morgan fingerprint density at radius 3 is 2.34 bits per heavy atom. The molecule has 0 atom stereocenters. The number of sulfonamides is 1. The van der Waals surface area contributed by atoms with Crippen molar-refractivity contribution in [2.45, 2.75) is 4.90 Å². The molecule has 0 aliphatic carbocycles. The minimum absolute atomic E-state index is 0.103. The Kier molecular flexibility index (Phi) is 7.35. The standard InChI is InChI=1S/C22H24N4O5S/c1-30-18-8-9-21(31-2)20(14-18)24-22(27)17(15-23)16-25-10-12-26(13-11-25)32(28,29)19-6-4-3-5-7-19/h3-9,14,16H,10-13H2,1-2H3,(H,24,27)/b17-16-. The fraction of sp³-hybridized carbons (Fsp3) is 0.273. The van der Waals surface area contributed by atoms with E-state index < -0.39 is 15.9 Å². The van der Waals surface area contributed by atoms with Gasteiger partial charge in [0.15, 0.2) is 0 Å². The molecule has 0 unspecified atom stereocenters. The van der Waals surface area contributed by atoms with Crippen LogP contribution in [-0.2, 0) is 14.8 Å². The lowest BCUT2D eigenvalue weighted by Gasteiger charge is -2.33. The smallest absolute Gasteiger partial charge is 0.267 e. The lowest BCUT2D eigenvalue weighted by Crippen LogP contribution is -2.46. The molecule has 0 saturated carbocycles. The number of anilines is 1. The number of nitriles is 1. The number of carbonyl (C=O) groups excluding carboxylic acids is 1. The third-order valence-corrected chi connectivity index (χ3v) is 6.90. The lowest BCUT2D eigenvalue weighted by molar-refractivity contribution is -0.112. The van der Waals surface area contributed by atoms with E-state index in [0.29, 0.717) is 30.3 Å². The van der Waals surface area contributed by atoms with Gasteiger partial charge in [-0.05, 0) is 24.3 Å². The highest BCUT2D eigenvalue weighted by Gasteiger charge is 2.28. The Balaban J connectivity index is 1.68. The minimum Gasteiger partial charge on any atom is -0.497 e. The number of nitrogens with one attached hydrogen (secondary N) is 1. The van der Waals surface area contributed by atoms with E-state index in [1.54, 1.807) is 53.4 Å². The number of hydrogen-bond acceptors (Lipinski definition) is 7.